The third-order valence-corrected chi connectivity index (χ3v) is 6.19. The average Bonchev–Trinajstić information content (AvgIpc) is 2.80. The van der Waals surface area contributed by atoms with E-state index in [1.807, 2.05) is 0 Å². The first-order valence-electron chi connectivity index (χ1n) is 10.2. The van der Waals surface area contributed by atoms with Crippen LogP contribution in [0.5, 0.6) is 0 Å². The maximum Gasteiger partial charge on any atom is 0.389 e. The van der Waals surface area contributed by atoms with Crippen LogP contribution in [0, 0.1) is 17.6 Å². The van der Waals surface area contributed by atoms with Crippen molar-refractivity contribution in [3.05, 3.63) is 34.9 Å². The third-order valence-electron chi connectivity index (χ3n) is 6.19. The summed E-state index contributed by atoms with van der Waals surface area (Å²) >= 11 is 0. The summed E-state index contributed by atoms with van der Waals surface area (Å²) in [4.78, 5) is 0. The molecule has 0 atom stereocenters. The highest BCUT2D eigenvalue weighted by Gasteiger charge is 2.65. The molecule has 30 heavy (non-hydrogen) atoms. The summed E-state index contributed by atoms with van der Waals surface area (Å²) in [6, 6.07) is 1.61. The predicted octanol–water partition coefficient (Wildman–Crippen LogP) is 7.54. The Morgan fingerprint density at radius 2 is 1.43 bits per heavy atom. The Morgan fingerprint density at radius 1 is 0.933 bits per heavy atom. The van der Waals surface area contributed by atoms with Crippen molar-refractivity contribution in [2.45, 2.75) is 88.3 Å². The minimum absolute atomic E-state index is 0.169. The third kappa shape index (κ3) is 4.60. The largest absolute Gasteiger partial charge is 0.389 e. The van der Waals surface area contributed by atoms with Gasteiger partial charge in [-0.25, -0.2) is 8.78 Å². The summed E-state index contributed by atoms with van der Waals surface area (Å²) in [5.41, 5.74) is -1.50. The number of hydrogen-bond donors (Lipinski definition) is 0. The lowest BCUT2D eigenvalue weighted by molar-refractivity contribution is -0.277. The number of ether oxygens (including phenoxy) is 1. The van der Waals surface area contributed by atoms with Crippen LogP contribution in [0.2, 0.25) is 0 Å². The van der Waals surface area contributed by atoms with E-state index in [9.17, 15) is 35.1 Å². The fraction of sp³-hybridized carbons (Fsp3) is 0.714. The first-order valence-corrected chi connectivity index (χ1v) is 10.2. The van der Waals surface area contributed by atoms with Gasteiger partial charge in [-0.2, -0.15) is 26.3 Å². The molecule has 2 aliphatic rings. The van der Waals surface area contributed by atoms with Crippen molar-refractivity contribution in [2.24, 2.45) is 5.92 Å². The van der Waals surface area contributed by atoms with Crippen LogP contribution in [0.1, 0.15) is 75.3 Å². The maximum absolute atomic E-state index is 14.4. The Kier molecular flexibility index (Phi) is 6.43. The smallest absolute Gasteiger partial charge is 0.313 e. The number of rotatable bonds is 6. The Hall–Kier alpha value is -1.38. The van der Waals surface area contributed by atoms with Gasteiger partial charge in [-0.1, -0.05) is 19.8 Å². The van der Waals surface area contributed by atoms with Crippen LogP contribution in [0.4, 0.5) is 35.1 Å². The van der Waals surface area contributed by atoms with Crippen LogP contribution in [-0.2, 0) is 10.8 Å². The molecule has 1 aromatic carbocycles. The van der Waals surface area contributed by atoms with Gasteiger partial charge in [-0.3, -0.25) is 0 Å². The van der Waals surface area contributed by atoms with E-state index < -0.39 is 54.1 Å². The van der Waals surface area contributed by atoms with Crippen molar-refractivity contribution in [3.8, 4) is 0 Å². The van der Waals surface area contributed by atoms with E-state index in [0.29, 0.717) is 18.8 Å². The van der Waals surface area contributed by atoms with E-state index >= 15 is 0 Å². The molecule has 0 N–H and O–H groups in total. The van der Waals surface area contributed by atoms with E-state index in [1.165, 1.54) is 0 Å². The lowest BCUT2D eigenvalue weighted by Crippen LogP contribution is -2.33. The van der Waals surface area contributed by atoms with Gasteiger partial charge < -0.3 is 4.74 Å². The SMILES string of the molecule is CCC[C@H]1CC[C@H](c2cc(F)c(C(F)(F)OC3CC(F)(F)C(F)(F)C3)c(F)c2)CC1. The molecule has 0 spiro atoms. The molecule has 0 heterocycles. The molecular weight excluding hydrogens is 420 g/mol. The summed E-state index contributed by atoms with van der Waals surface area (Å²) in [5, 5.41) is 0. The standard InChI is InChI=1S/C21H24F8O/c1-2-3-12-4-6-13(7-5-12)14-8-16(22)18(17(23)9-14)21(28,29)30-15-10-19(24,25)20(26,27)11-15/h8-9,12-13,15H,2-7,10-11H2,1H3/t12-,13-. The van der Waals surface area contributed by atoms with Gasteiger partial charge in [-0.15, -0.1) is 0 Å². The quantitative estimate of drug-likeness (QED) is 0.412. The highest BCUT2D eigenvalue weighted by molar-refractivity contribution is 5.31. The molecule has 0 unspecified atom stereocenters. The van der Waals surface area contributed by atoms with Crippen LogP contribution in [0.3, 0.4) is 0 Å². The molecule has 3 rings (SSSR count). The van der Waals surface area contributed by atoms with Gasteiger partial charge in [0, 0.05) is 12.8 Å². The van der Waals surface area contributed by atoms with E-state index in [1.54, 1.807) is 0 Å². The molecule has 170 valence electrons. The van der Waals surface area contributed by atoms with Crippen LogP contribution < -0.4 is 0 Å². The fourth-order valence-corrected chi connectivity index (χ4v) is 4.59. The number of benzene rings is 1. The zero-order valence-corrected chi connectivity index (χ0v) is 16.5. The average molecular weight is 444 g/mol. The molecule has 1 aromatic rings. The molecule has 2 saturated carbocycles. The number of alkyl halides is 6. The van der Waals surface area contributed by atoms with Gasteiger partial charge in [0.15, 0.2) is 0 Å². The molecule has 0 radical (unpaired) electrons. The van der Waals surface area contributed by atoms with Gasteiger partial charge in [0.2, 0.25) is 0 Å². The van der Waals surface area contributed by atoms with Crippen LogP contribution >= 0.6 is 0 Å². The van der Waals surface area contributed by atoms with Crippen molar-refractivity contribution >= 4 is 0 Å². The Morgan fingerprint density at radius 3 is 1.90 bits per heavy atom. The summed E-state index contributed by atoms with van der Waals surface area (Å²) in [6.45, 7) is 2.08. The number of halogens is 8. The Bertz CT molecular complexity index is 716. The van der Waals surface area contributed by atoms with Gasteiger partial charge >= 0.3 is 18.0 Å². The highest BCUT2D eigenvalue weighted by Crippen LogP contribution is 2.51. The topological polar surface area (TPSA) is 9.23 Å². The van der Waals surface area contributed by atoms with Crippen molar-refractivity contribution in [3.63, 3.8) is 0 Å². The zero-order chi connectivity index (χ0) is 22.3. The normalized spacial score (nSPS) is 26.8. The molecule has 2 aliphatic carbocycles. The second kappa shape index (κ2) is 8.28. The molecule has 2 fully saturated rings. The number of hydrogen-bond acceptors (Lipinski definition) is 1. The summed E-state index contributed by atoms with van der Waals surface area (Å²) in [6.07, 6.45) is -4.97. The van der Waals surface area contributed by atoms with Crippen LogP contribution in [-0.4, -0.2) is 17.9 Å². The van der Waals surface area contributed by atoms with Crippen LogP contribution in [0.25, 0.3) is 0 Å². The van der Waals surface area contributed by atoms with Crippen molar-refractivity contribution in [1.82, 2.24) is 0 Å². The second-order valence-electron chi connectivity index (χ2n) is 8.44. The molecule has 0 saturated heterocycles. The van der Waals surface area contributed by atoms with Crippen molar-refractivity contribution in [2.75, 3.05) is 0 Å². The molecule has 1 nitrogen and oxygen atoms in total. The lowest BCUT2D eigenvalue weighted by atomic mass is 9.77. The Balaban J connectivity index is 1.75. The molecule has 0 aliphatic heterocycles. The van der Waals surface area contributed by atoms with Crippen molar-refractivity contribution in [1.29, 1.82) is 0 Å². The maximum atomic E-state index is 14.4. The monoisotopic (exact) mass is 444 g/mol. The molecule has 0 aromatic heterocycles. The summed E-state index contributed by atoms with van der Waals surface area (Å²) in [7, 11) is 0. The van der Waals surface area contributed by atoms with Gasteiger partial charge in [0.05, 0.1) is 6.10 Å². The minimum atomic E-state index is -4.66. The van der Waals surface area contributed by atoms with Crippen LogP contribution in [0.15, 0.2) is 12.1 Å². The molecule has 0 amide bonds. The molecular formula is C21H24F8O. The van der Waals surface area contributed by atoms with Gasteiger partial charge in [0.25, 0.3) is 0 Å². The minimum Gasteiger partial charge on any atom is -0.313 e. The second-order valence-corrected chi connectivity index (χ2v) is 8.44. The van der Waals surface area contributed by atoms with E-state index in [-0.39, 0.29) is 11.5 Å². The van der Waals surface area contributed by atoms with Gasteiger partial charge in [-0.05, 0) is 55.2 Å². The fourth-order valence-electron chi connectivity index (χ4n) is 4.59. The molecule has 0 bridgehead atoms. The van der Waals surface area contributed by atoms with E-state index in [4.69, 9.17) is 0 Å². The zero-order valence-electron chi connectivity index (χ0n) is 16.5. The van der Waals surface area contributed by atoms with Gasteiger partial charge in [0.1, 0.15) is 17.2 Å². The van der Waals surface area contributed by atoms with E-state index in [2.05, 4.69) is 11.7 Å². The van der Waals surface area contributed by atoms with E-state index in [0.717, 1.165) is 37.8 Å². The first-order chi connectivity index (χ1) is 13.9. The molecule has 9 heteroatoms. The van der Waals surface area contributed by atoms with Crippen molar-refractivity contribution < 1.29 is 39.9 Å². The summed E-state index contributed by atoms with van der Waals surface area (Å²) < 4.78 is 115. The highest BCUT2D eigenvalue weighted by atomic mass is 19.3. The summed E-state index contributed by atoms with van der Waals surface area (Å²) in [5.74, 6) is -11.8. The Labute approximate surface area is 169 Å². The first kappa shape index (κ1) is 23.3. The predicted molar refractivity (Wildman–Crippen MR) is 93.9 cm³/mol. The lowest BCUT2D eigenvalue weighted by Gasteiger charge is -2.29.